The molecule has 7 nitrogen and oxygen atoms in total. The highest BCUT2D eigenvalue weighted by atomic mass is 35.5. The summed E-state index contributed by atoms with van der Waals surface area (Å²) in [6, 6.07) is 6.60. The highest BCUT2D eigenvalue weighted by Crippen LogP contribution is 2.24. The van der Waals surface area contributed by atoms with Gasteiger partial charge < -0.3 is 9.64 Å². The molecule has 1 heterocycles. The number of nitro groups is 1. The minimum Gasteiger partial charge on any atom is -0.451 e. The first-order valence-electron chi connectivity index (χ1n) is 6.87. The van der Waals surface area contributed by atoms with Gasteiger partial charge in [0.2, 0.25) is 0 Å². The molecule has 2 rings (SSSR count). The fourth-order valence-electron chi connectivity index (χ4n) is 1.85. The van der Waals surface area contributed by atoms with E-state index < -0.39 is 29.2 Å². The van der Waals surface area contributed by atoms with Gasteiger partial charge in [0, 0.05) is 30.2 Å². The third-order valence-corrected chi connectivity index (χ3v) is 4.55. The Hall–Kier alpha value is -2.52. The SMILES string of the molecule is CN(Cc1c(F)cccc1Cl)C(=O)COC(=O)c1ccc([N+](=O)[O-])s1. The second-order valence-electron chi connectivity index (χ2n) is 4.92. The fraction of sp³-hybridized carbons (Fsp3) is 0.200. The van der Waals surface area contributed by atoms with E-state index in [1.807, 2.05) is 0 Å². The zero-order chi connectivity index (χ0) is 18.6. The number of ether oxygens (including phenoxy) is 1. The van der Waals surface area contributed by atoms with Crippen LogP contribution in [0.15, 0.2) is 30.3 Å². The molecule has 0 aliphatic carbocycles. The smallest absolute Gasteiger partial charge is 0.349 e. The number of esters is 1. The summed E-state index contributed by atoms with van der Waals surface area (Å²) in [5.41, 5.74) is 0.153. The lowest BCUT2D eigenvalue weighted by Gasteiger charge is -2.18. The maximum absolute atomic E-state index is 13.7. The highest BCUT2D eigenvalue weighted by Gasteiger charge is 2.19. The number of hydrogen-bond acceptors (Lipinski definition) is 6. The first kappa shape index (κ1) is 18.8. The van der Waals surface area contributed by atoms with Crippen molar-refractivity contribution in [2.24, 2.45) is 0 Å². The Bertz CT molecular complexity index is 806. The van der Waals surface area contributed by atoms with Gasteiger partial charge in [0.1, 0.15) is 10.7 Å². The van der Waals surface area contributed by atoms with Crippen LogP contribution in [0.4, 0.5) is 9.39 Å². The van der Waals surface area contributed by atoms with E-state index in [9.17, 15) is 24.1 Å². The molecule has 0 N–H and O–H groups in total. The standard InChI is InChI=1S/C15H12ClFN2O5S/c1-18(7-9-10(16)3-2-4-11(9)17)13(20)8-24-15(21)12-5-6-14(25-12)19(22)23/h2-6H,7-8H2,1H3. The number of hydrogen-bond donors (Lipinski definition) is 0. The molecule has 1 aromatic carbocycles. The lowest BCUT2D eigenvalue weighted by molar-refractivity contribution is -0.380. The fourth-order valence-corrected chi connectivity index (χ4v) is 2.79. The normalized spacial score (nSPS) is 10.4. The number of rotatable bonds is 6. The third-order valence-electron chi connectivity index (χ3n) is 3.18. The Balaban J connectivity index is 1.92. The van der Waals surface area contributed by atoms with Gasteiger partial charge in [0.05, 0.1) is 4.92 Å². The molecule has 10 heteroatoms. The van der Waals surface area contributed by atoms with Crippen LogP contribution in [0.3, 0.4) is 0 Å². The maximum Gasteiger partial charge on any atom is 0.349 e. The molecule has 0 saturated heterocycles. The predicted octanol–water partition coefficient (Wildman–Crippen LogP) is 3.26. The van der Waals surface area contributed by atoms with Gasteiger partial charge in [-0.3, -0.25) is 14.9 Å². The van der Waals surface area contributed by atoms with Crippen molar-refractivity contribution in [3.05, 3.63) is 61.7 Å². The quantitative estimate of drug-likeness (QED) is 0.432. The van der Waals surface area contributed by atoms with Gasteiger partial charge in [-0.15, -0.1) is 0 Å². The Morgan fingerprint density at radius 1 is 1.36 bits per heavy atom. The average molecular weight is 387 g/mol. The predicted molar refractivity (Wildman–Crippen MR) is 89.1 cm³/mol. The molecular formula is C15H12ClFN2O5S. The van der Waals surface area contributed by atoms with Crippen molar-refractivity contribution in [2.45, 2.75) is 6.54 Å². The van der Waals surface area contributed by atoms with Gasteiger partial charge in [-0.2, -0.15) is 0 Å². The Morgan fingerprint density at radius 3 is 2.68 bits per heavy atom. The lowest BCUT2D eigenvalue weighted by Crippen LogP contribution is -2.31. The van der Waals surface area contributed by atoms with Crippen LogP contribution >= 0.6 is 22.9 Å². The number of nitrogens with zero attached hydrogens (tertiary/aromatic N) is 2. The van der Waals surface area contributed by atoms with Crippen LogP contribution in [0.5, 0.6) is 0 Å². The number of amides is 1. The minimum absolute atomic E-state index is 0.0132. The molecule has 0 aliphatic rings. The average Bonchev–Trinajstić information content (AvgIpc) is 3.06. The van der Waals surface area contributed by atoms with Gasteiger partial charge in [-0.25, -0.2) is 9.18 Å². The summed E-state index contributed by atoms with van der Waals surface area (Å²) < 4.78 is 18.5. The second-order valence-corrected chi connectivity index (χ2v) is 6.39. The number of likely N-dealkylation sites (N-methyl/N-ethyl adjacent to an activating group) is 1. The first-order valence-corrected chi connectivity index (χ1v) is 8.07. The largest absolute Gasteiger partial charge is 0.451 e. The molecule has 0 atom stereocenters. The molecule has 132 valence electrons. The van der Waals surface area contributed by atoms with Gasteiger partial charge in [0.25, 0.3) is 5.91 Å². The molecule has 0 saturated carbocycles. The van der Waals surface area contributed by atoms with Crippen molar-refractivity contribution >= 4 is 39.8 Å². The van der Waals surface area contributed by atoms with Gasteiger partial charge in [-0.05, 0) is 18.2 Å². The molecule has 0 aliphatic heterocycles. The monoisotopic (exact) mass is 386 g/mol. The Morgan fingerprint density at radius 2 is 2.08 bits per heavy atom. The molecule has 0 fully saturated rings. The summed E-state index contributed by atoms with van der Waals surface area (Å²) in [7, 11) is 1.41. The van der Waals surface area contributed by atoms with Crippen LogP contribution in [-0.2, 0) is 16.1 Å². The van der Waals surface area contributed by atoms with Crippen LogP contribution in [0.2, 0.25) is 5.02 Å². The summed E-state index contributed by atoms with van der Waals surface area (Å²) in [5.74, 6) is -1.96. The van der Waals surface area contributed by atoms with Crippen molar-refractivity contribution in [3.8, 4) is 0 Å². The number of halogens is 2. The minimum atomic E-state index is -0.844. The third kappa shape index (κ3) is 4.74. The molecule has 0 radical (unpaired) electrons. The molecular weight excluding hydrogens is 375 g/mol. The van der Waals surface area contributed by atoms with E-state index in [1.165, 1.54) is 37.4 Å². The van der Waals surface area contributed by atoms with E-state index in [0.29, 0.717) is 11.3 Å². The number of carbonyl (C=O) groups is 2. The topological polar surface area (TPSA) is 89.8 Å². The van der Waals surface area contributed by atoms with E-state index >= 15 is 0 Å². The van der Waals surface area contributed by atoms with Gasteiger partial charge in [-0.1, -0.05) is 29.0 Å². The zero-order valence-electron chi connectivity index (χ0n) is 12.9. The number of benzene rings is 1. The molecule has 1 amide bonds. The summed E-state index contributed by atoms with van der Waals surface area (Å²) >= 11 is 6.55. The van der Waals surface area contributed by atoms with Crippen molar-refractivity contribution in [1.82, 2.24) is 4.90 Å². The first-order chi connectivity index (χ1) is 11.8. The van der Waals surface area contributed by atoms with E-state index in [-0.39, 0.29) is 27.0 Å². The van der Waals surface area contributed by atoms with E-state index in [4.69, 9.17) is 16.3 Å². The molecule has 0 unspecified atom stereocenters. The molecule has 25 heavy (non-hydrogen) atoms. The van der Waals surface area contributed by atoms with Crippen LogP contribution in [0.25, 0.3) is 0 Å². The summed E-state index contributed by atoms with van der Waals surface area (Å²) in [4.78, 5) is 34.9. The molecule has 1 aromatic heterocycles. The zero-order valence-corrected chi connectivity index (χ0v) is 14.5. The molecule has 2 aromatic rings. The lowest BCUT2D eigenvalue weighted by atomic mass is 10.2. The second kappa shape index (κ2) is 8.04. The van der Waals surface area contributed by atoms with Crippen LogP contribution in [0.1, 0.15) is 15.2 Å². The summed E-state index contributed by atoms with van der Waals surface area (Å²) in [6.07, 6.45) is 0. The van der Waals surface area contributed by atoms with E-state index in [1.54, 1.807) is 0 Å². The van der Waals surface area contributed by atoms with Gasteiger partial charge in [0.15, 0.2) is 6.61 Å². The van der Waals surface area contributed by atoms with Crippen molar-refractivity contribution in [3.63, 3.8) is 0 Å². The van der Waals surface area contributed by atoms with Crippen LogP contribution in [-0.4, -0.2) is 35.4 Å². The molecule has 0 bridgehead atoms. The van der Waals surface area contributed by atoms with Crippen LogP contribution < -0.4 is 0 Å². The van der Waals surface area contributed by atoms with E-state index in [2.05, 4.69) is 0 Å². The molecule has 0 spiro atoms. The number of thiophene rings is 1. The summed E-state index contributed by atoms with van der Waals surface area (Å²) in [5, 5.41) is 10.6. The van der Waals surface area contributed by atoms with E-state index in [0.717, 1.165) is 4.90 Å². The van der Waals surface area contributed by atoms with Crippen molar-refractivity contribution in [1.29, 1.82) is 0 Å². The van der Waals surface area contributed by atoms with Crippen molar-refractivity contribution in [2.75, 3.05) is 13.7 Å². The summed E-state index contributed by atoms with van der Waals surface area (Å²) in [6.45, 7) is -0.667. The van der Waals surface area contributed by atoms with Crippen molar-refractivity contribution < 1.29 is 23.6 Å². The highest BCUT2D eigenvalue weighted by molar-refractivity contribution is 7.17. The van der Waals surface area contributed by atoms with Gasteiger partial charge >= 0.3 is 11.0 Å². The Labute approximate surface area is 150 Å². The van der Waals surface area contributed by atoms with Crippen LogP contribution in [0, 0.1) is 15.9 Å². The number of carbonyl (C=O) groups excluding carboxylic acids is 2. The maximum atomic E-state index is 13.7. The Kier molecular flexibility index (Phi) is 6.05.